The molecule has 18 heavy (non-hydrogen) atoms. The summed E-state index contributed by atoms with van der Waals surface area (Å²) in [5, 5.41) is 13.2. The lowest BCUT2D eigenvalue weighted by atomic mass is 10.0. The first-order chi connectivity index (χ1) is 8.63. The van der Waals surface area contributed by atoms with Crippen LogP contribution in [0.4, 0.5) is 0 Å². The van der Waals surface area contributed by atoms with Crippen molar-refractivity contribution in [1.82, 2.24) is 10.2 Å². The first-order valence-electron chi connectivity index (χ1n) is 6.91. The Balaban J connectivity index is 1.96. The third-order valence-corrected chi connectivity index (χ3v) is 3.95. The molecule has 1 saturated heterocycles. The van der Waals surface area contributed by atoms with E-state index in [9.17, 15) is 14.7 Å². The number of aliphatic hydroxyl groups is 1. The Morgan fingerprint density at radius 1 is 1.28 bits per heavy atom. The van der Waals surface area contributed by atoms with Crippen LogP contribution in [0.2, 0.25) is 0 Å². The van der Waals surface area contributed by atoms with Crippen molar-refractivity contribution in [3.8, 4) is 0 Å². The van der Waals surface area contributed by atoms with Crippen LogP contribution in [-0.2, 0) is 9.59 Å². The number of likely N-dealkylation sites (N-methyl/N-ethyl adjacent to an activating group) is 1. The molecular formula is C13H22N2O3. The van der Waals surface area contributed by atoms with Crippen molar-refractivity contribution in [2.45, 2.75) is 63.6 Å². The van der Waals surface area contributed by atoms with E-state index in [-0.39, 0.29) is 24.3 Å². The van der Waals surface area contributed by atoms with E-state index in [1.54, 1.807) is 6.92 Å². The van der Waals surface area contributed by atoms with Gasteiger partial charge in [-0.2, -0.15) is 0 Å². The Morgan fingerprint density at radius 3 is 2.67 bits per heavy atom. The number of hydrogen-bond acceptors (Lipinski definition) is 4. The molecule has 2 aliphatic rings. The van der Waals surface area contributed by atoms with Gasteiger partial charge in [0, 0.05) is 12.6 Å². The summed E-state index contributed by atoms with van der Waals surface area (Å²) in [6.45, 7) is 2.24. The van der Waals surface area contributed by atoms with E-state index in [1.165, 1.54) is 4.90 Å². The van der Waals surface area contributed by atoms with Crippen LogP contribution in [0.25, 0.3) is 0 Å². The Hall–Kier alpha value is -0.940. The van der Waals surface area contributed by atoms with Crippen LogP contribution in [0.5, 0.6) is 0 Å². The van der Waals surface area contributed by atoms with Gasteiger partial charge in [0.25, 0.3) is 0 Å². The van der Waals surface area contributed by atoms with Crippen molar-refractivity contribution in [2.75, 3.05) is 6.54 Å². The van der Waals surface area contributed by atoms with Crippen molar-refractivity contribution in [3.05, 3.63) is 0 Å². The summed E-state index contributed by atoms with van der Waals surface area (Å²) in [5.41, 5.74) is 0. The molecule has 2 rings (SSSR count). The smallest absolute Gasteiger partial charge is 0.246 e. The predicted octanol–water partition coefficient (Wildman–Crippen LogP) is 0.417. The second-order valence-electron chi connectivity index (χ2n) is 5.21. The number of aliphatic hydroxyl groups excluding tert-OH is 1. The fourth-order valence-electron chi connectivity index (χ4n) is 2.89. The summed E-state index contributed by atoms with van der Waals surface area (Å²) in [4.78, 5) is 24.9. The van der Waals surface area contributed by atoms with E-state index < -0.39 is 12.1 Å². The SMILES string of the molecule is CCN1C(=O)CC(NC2CCCCCC2O)C1=O. The maximum Gasteiger partial charge on any atom is 0.246 e. The van der Waals surface area contributed by atoms with E-state index >= 15 is 0 Å². The quantitative estimate of drug-likeness (QED) is 0.565. The average molecular weight is 254 g/mol. The van der Waals surface area contributed by atoms with Gasteiger partial charge in [0.05, 0.1) is 18.6 Å². The fourth-order valence-corrected chi connectivity index (χ4v) is 2.89. The minimum absolute atomic E-state index is 0.0499. The number of carbonyl (C=O) groups is 2. The molecule has 0 aromatic heterocycles. The largest absolute Gasteiger partial charge is 0.392 e. The molecule has 3 atom stereocenters. The van der Waals surface area contributed by atoms with Crippen LogP contribution < -0.4 is 5.32 Å². The minimum Gasteiger partial charge on any atom is -0.392 e. The van der Waals surface area contributed by atoms with Crippen LogP contribution in [0.1, 0.15) is 45.4 Å². The van der Waals surface area contributed by atoms with Crippen molar-refractivity contribution in [1.29, 1.82) is 0 Å². The molecule has 5 nitrogen and oxygen atoms in total. The number of nitrogens with one attached hydrogen (secondary N) is 1. The third kappa shape index (κ3) is 2.72. The topological polar surface area (TPSA) is 69.6 Å². The Morgan fingerprint density at radius 2 is 2.00 bits per heavy atom. The van der Waals surface area contributed by atoms with Gasteiger partial charge in [0.1, 0.15) is 0 Å². The molecule has 0 radical (unpaired) electrons. The number of nitrogens with zero attached hydrogens (tertiary/aromatic N) is 1. The van der Waals surface area contributed by atoms with Crippen LogP contribution in [0.3, 0.4) is 0 Å². The molecular weight excluding hydrogens is 232 g/mol. The van der Waals surface area contributed by atoms with E-state index in [2.05, 4.69) is 5.32 Å². The molecule has 0 aromatic rings. The summed E-state index contributed by atoms with van der Waals surface area (Å²) < 4.78 is 0. The van der Waals surface area contributed by atoms with Gasteiger partial charge >= 0.3 is 0 Å². The van der Waals surface area contributed by atoms with Gasteiger partial charge in [0.15, 0.2) is 0 Å². The van der Waals surface area contributed by atoms with Gasteiger partial charge in [-0.1, -0.05) is 19.3 Å². The van der Waals surface area contributed by atoms with Crippen LogP contribution in [0.15, 0.2) is 0 Å². The van der Waals surface area contributed by atoms with Gasteiger partial charge < -0.3 is 10.4 Å². The summed E-state index contributed by atoms with van der Waals surface area (Å²) in [6, 6.07) is -0.485. The molecule has 102 valence electrons. The number of rotatable bonds is 3. The van der Waals surface area contributed by atoms with Crippen molar-refractivity contribution >= 4 is 11.8 Å². The molecule has 3 unspecified atom stereocenters. The van der Waals surface area contributed by atoms with Crippen molar-refractivity contribution in [3.63, 3.8) is 0 Å². The van der Waals surface area contributed by atoms with Crippen molar-refractivity contribution in [2.24, 2.45) is 0 Å². The minimum atomic E-state index is -0.435. The molecule has 1 saturated carbocycles. The number of hydrogen-bond donors (Lipinski definition) is 2. The number of amides is 2. The molecule has 2 fully saturated rings. The van der Waals surface area contributed by atoms with Crippen LogP contribution in [0, 0.1) is 0 Å². The molecule has 0 aromatic carbocycles. The normalized spacial score (nSPS) is 33.9. The zero-order valence-corrected chi connectivity index (χ0v) is 10.9. The number of likely N-dealkylation sites (tertiary alicyclic amines) is 1. The Kier molecular flexibility index (Phi) is 4.35. The lowest BCUT2D eigenvalue weighted by molar-refractivity contribution is -0.138. The average Bonchev–Trinajstić information content (AvgIpc) is 2.50. The lowest BCUT2D eigenvalue weighted by Gasteiger charge is -2.24. The Bertz CT molecular complexity index is 332. The molecule has 0 bridgehead atoms. The number of carbonyl (C=O) groups excluding carboxylic acids is 2. The standard InChI is InChI=1S/C13H22N2O3/c1-2-15-12(17)8-10(13(15)18)14-9-6-4-3-5-7-11(9)16/h9-11,14,16H,2-8H2,1H3. The molecule has 1 heterocycles. The van der Waals surface area contributed by atoms with Crippen LogP contribution in [-0.4, -0.2) is 46.6 Å². The van der Waals surface area contributed by atoms with E-state index in [0.717, 1.165) is 32.1 Å². The van der Waals surface area contributed by atoms with Gasteiger partial charge in [-0.15, -0.1) is 0 Å². The van der Waals surface area contributed by atoms with Crippen LogP contribution >= 0.6 is 0 Å². The monoisotopic (exact) mass is 254 g/mol. The third-order valence-electron chi connectivity index (χ3n) is 3.95. The van der Waals surface area contributed by atoms with Crippen molar-refractivity contribution < 1.29 is 14.7 Å². The molecule has 2 amide bonds. The fraction of sp³-hybridized carbons (Fsp3) is 0.846. The molecule has 2 N–H and O–H groups in total. The van der Waals surface area contributed by atoms with Gasteiger partial charge in [-0.25, -0.2) is 0 Å². The maximum atomic E-state index is 12.0. The van der Waals surface area contributed by atoms with E-state index in [0.29, 0.717) is 6.54 Å². The molecule has 0 spiro atoms. The second-order valence-corrected chi connectivity index (χ2v) is 5.21. The second kappa shape index (κ2) is 5.80. The first kappa shape index (κ1) is 13.5. The van der Waals surface area contributed by atoms with Gasteiger partial charge in [0.2, 0.25) is 11.8 Å². The first-order valence-corrected chi connectivity index (χ1v) is 6.91. The summed E-state index contributed by atoms with van der Waals surface area (Å²) >= 11 is 0. The number of imide groups is 1. The Labute approximate surface area is 108 Å². The highest BCUT2D eigenvalue weighted by Crippen LogP contribution is 2.21. The van der Waals surface area contributed by atoms with E-state index in [1.807, 2.05) is 0 Å². The maximum absolute atomic E-state index is 12.0. The van der Waals surface area contributed by atoms with Gasteiger partial charge in [-0.3, -0.25) is 14.5 Å². The highest BCUT2D eigenvalue weighted by molar-refractivity contribution is 6.05. The van der Waals surface area contributed by atoms with E-state index in [4.69, 9.17) is 0 Å². The van der Waals surface area contributed by atoms with Gasteiger partial charge in [-0.05, 0) is 19.8 Å². The summed E-state index contributed by atoms with van der Waals surface area (Å²) in [7, 11) is 0. The zero-order chi connectivity index (χ0) is 13.1. The predicted molar refractivity (Wildman–Crippen MR) is 66.8 cm³/mol. The summed E-state index contributed by atoms with van der Waals surface area (Å²) in [6.07, 6.45) is 4.74. The highest BCUT2D eigenvalue weighted by Gasteiger charge is 2.39. The molecule has 1 aliphatic heterocycles. The lowest BCUT2D eigenvalue weighted by Crippen LogP contribution is -2.48. The molecule has 5 heteroatoms. The highest BCUT2D eigenvalue weighted by atomic mass is 16.3. The summed E-state index contributed by atoms with van der Waals surface area (Å²) in [5.74, 6) is -0.248. The zero-order valence-electron chi connectivity index (χ0n) is 10.9. The molecule has 1 aliphatic carbocycles.